The summed E-state index contributed by atoms with van der Waals surface area (Å²) in [6.45, 7) is 5.88. The summed E-state index contributed by atoms with van der Waals surface area (Å²) < 4.78 is 5.07. The largest absolute Gasteiger partial charge is 0.371 e. The molecule has 3 rings (SSSR count). The summed E-state index contributed by atoms with van der Waals surface area (Å²) in [7, 11) is 0. The zero-order valence-corrected chi connectivity index (χ0v) is 11.9. The Labute approximate surface area is 119 Å². The molecule has 0 unspecified atom stereocenters. The van der Waals surface area contributed by atoms with E-state index in [1.807, 2.05) is 13.0 Å². The highest BCUT2D eigenvalue weighted by Crippen LogP contribution is 2.24. The third-order valence-electron chi connectivity index (χ3n) is 3.74. The van der Waals surface area contributed by atoms with Gasteiger partial charge in [0.05, 0.1) is 5.69 Å². The number of benzene rings is 1. The Morgan fingerprint density at radius 3 is 2.75 bits per heavy atom. The van der Waals surface area contributed by atoms with Crippen LogP contribution in [-0.2, 0) is 13.1 Å². The van der Waals surface area contributed by atoms with Crippen LogP contribution in [0, 0.1) is 6.92 Å². The summed E-state index contributed by atoms with van der Waals surface area (Å²) in [5.41, 5.74) is 3.68. The standard InChI is InChI=1S/C16H21N3O/c1-13-10-15(18-20-13)12-17-11-14-6-2-3-7-16(14)19-8-4-5-9-19/h2-3,6-7,10,17H,4-5,8-9,11-12H2,1H3. The summed E-state index contributed by atoms with van der Waals surface area (Å²) in [5, 5.41) is 7.44. The highest BCUT2D eigenvalue weighted by Gasteiger charge is 2.14. The van der Waals surface area contributed by atoms with Gasteiger partial charge in [-0.3, -0.25) is 0 Å². The Hall–Kier alpha value is -1.81. The van der Waals surface area contributed by atoms with E-state index in [2.05, 4.69) is 39.6 Å². The molecule has 0 spiro atoms. The average Bonchev–Trinajstić information content (AvgIpc) is 3.11. The van der Waals surface area contributed by atoms with Crippen LogP contribution in [0.1, 0.15) is 29.9 Å². The number of nitrogens with one attached hydrogen (secondary N) is 1. The smallest absolute Gasteiger partial charge is 0.133 e. The van der Waals surface area contributed by atoms with Crippen LogP contribution in [0.3, 0.4) is 0 Å². The van der Waals surface area contributed by atoms with E-state index >= 15 is 0 Å². The van der Waals surface area contributed by atoms with Crippen LogP contribution in [0.4, 0.5) is 5.69 Å². The SMILES string of the molecule is Cc1cc(CNCc2ccccc2N2CCCC2)no1. The Morgan fingerprint density at radius 1 is 1.20 bits per heavy atom. The van der Waals surface area contributed by atoms with Crippen molar-refractivity contribution in [1.29, 1.82) is 0 Å². The van der Waals surface area contributed by atoms with Crippen molar-refractivity contribution in [2.45, 2.75) is 32.9 Å². The van der Waals surface area contributed by atoms with Gasteiger partial charge in [0.2, 0.25) is 0 Å². The Morgan fingerprint density at radius 2 is 2.00 bits per heavy atom. The van der Waals surface area contributed by atoms with E-state index in [1.54, 1.807) is 0 Å². The molecule has 4 nitrogen and oxygen atoms in total. The molecule has 1 aromatic carbocycles. The molecule has 0 radical (unpaired) electrons. The molecule has 1 N–H and O–H groups in total. The minimum Gasteiger partial charge on any atom is -0.371 e. The summed E-state index contributed by atoms with van der Waals surface area (Å²) in [6.07, 6.45) is 2.61. The van der Waals surface area contributed by atoms with Crippen LogP contribution < -0.4 is 10.2 Å². The maximum Gasteiger partial charge on any atom is 0.133 e. The first-order valence-corrected chi connectivity index (χ1v) is 7.29. The maximum atomic E-state index is 5.07. The van der Waals surface area contributed by atoms with E-state index in [0.717, 1.165) is 24.5 Å². The quantitative estimate of drug-likeness (QED) is 0.908. The summed E-state index contributed by atoms with van der Waals surface area (Å²) >= 11 is 0. The number of aromatic nitrogens is 1. The van der Waals surface area contributed by atoms with Gasteiger partial charge in [-0.05, 0) is 31.4 Å². The highest BCUT2D eigenvalue weighted by atomic mass is 16.5. The van der Waals surface area contributed by atoms with Crippen molar-refractivity contribution in [3.05, 3.63) is 47.3 Å². The minimum atomic E-state index is 0.742. The molecule has 1 aliphatic heterocycles. The van der Waals surface area contributed by atoms with Crippen molar-refractivity contribution in [1.82, 2.24) is 10.5 Å². The van der Waals surface area contributed by atoms with Gasteiger partial charge in [-0.1, -0.05) is 23.4 Å². The fraction of sp³-hybridized carbons (Fsp3) is 0.438. The number of aryl methyl sites for hydroxylation is 1. The molecule has 2 aromatic rings. The van der Waals surface area contributed by atoms with Crippen molar-refractivity contribution in [2.75, 3.05) is 18.0 Å². The third-order valence-corrected chi connectivity index (χ3v) is 3.74. The van der Waals surface area contributed by atoms with Crippen LogP contribution in [-0.4, -0.2) is 18.2 Å². The van der Waals surface area contributed by atoms with Gasteiger partial charge in [0.1, 0.15) is 5.76 Å². The van der Waals surface area contributed by atoms with Gasteiger partial charge in [0.25, 0.3) is 0 Å². The molecular weight excluding hydrogens is 250 g/mol. The first kappa shape index (κ1) is 13.2. The van der Waals surface area contributed by atoms with Gasteiger partial charge in [-0.25, -0.2) is 0 Å². The van der Waals surface area contributed by atoms with Crippen LogP contribution >= 0.6 is 0 Å². The molecule has 20 heavy (non-hydrogen) atoms. The first-order valence-electron chi connectivity index (χ1n) is 7.29. The van der Waals surface area contributed by atoms with Crippen molar-refractivity contribution >= 4 is 5.69 Å². The molecule has 0 atom stereocenters. The Balaban J connectivity index is 1.62. The molecule has 0 saturated carbocycles. The number of hydrogen-bond acceptors (Lipinski definition) is 4. The fourth-order valence-corrected chi connectivity index (χ4v) is 2.75. The summed E-state index contributed by atoms with van der Waals surface area (Å²) in [5.74, 6) is 0.860. The van der Waals surface area contributed by atoms with Crippen molar-refractivity contribution in [3.8, 4) is 0 Å². The zero-order chi connectivity index (χ0) is 13.8. The van der Waals surface area contributed by atoms with Crippen molar-refractivity contribution in [2.24, 2.45) is 0 Å². The maximum absolute atomic E-state index is 5.07. The monoisotopic (exact) mass is 271 g/mol. The molecule has 4 heteroatoms. The van der Waals surface area contributed by atoms with Crippen LogP contribution in [0.25, 0.3) is 0 Å². The lowest BCUT2D eigenvalue weighted by atomic mass is 10.1. The predicted molar refractivity (Wildman–Crippen MR) is 79.7 cm³/mol. The molecule has 1 saturated heterocycles. The normalized spacial score (nSPS) is 14.9. The number of para-hydroxylation sites is 1. The second-order valence-corrected chi connectivity index (χ2v) is 5.36. The number of hydrogen-bond donors (Lipinski definition) is 1. The van der Waals surface area contributed by atoms with E-state index in [-0.39, 0.29) is 0 Å². The molecule has 0 amide bonds. The molecular formula is C16H21N3O. The van der Waals surface area contributed by atoms with Gasteiger partial charge in [-0.15, -0.1) is 0 Å². The first-order chi connectivity index (χ1) is 9.83. The van der Waals surface area contributed by atoms with E-state index in [4.69, 9.17) is 4.52 Å². The van der Waals surface area contributed by atoms with E-state index in [9.17, 15) is 0 Å². The topological polar surface area (TPSA) is 41.3 Å². The average molecular weight is 271 g/mol. The van der Waals surface area contributed by atoms with Crippen molar-refractivity contribution in [3.63, 3.8) is 0 Å². The van der Waals surface area contributed by atoms with Crippen molar-refractivity contribution < 1.29 is 4.52 Å². The Bertz CT molecular complexity index is 558. The second-order valence-electron chi connectivity index (χ2n) is 5.36. The van der Waals surface area contributed by atoms with E-state index in [1.165, 1.54) is 37.2 Å². The van der Waals surface area contributed by atoms with Gasteiger partial charge >= 0.3 is 0 Å². The molecule has 1 aromatic heterocycles. The molecule has 1 aliphatic rings. The van der Waals surface area contributed by atoms with Gasteiger partial charge in [0, 0.05) is 37.9 Å². The van der Waals surface area contributed by atoms with Gasteiger partial charge in [0.15, 0.2) is 0 Å². The van der Waals surface area contributed by atoms with E-state index in [0.29, 0.717) is 0 Å². The minimum absolute atomic E-state index is 0.742. The zero-order valence-electron chi connectivity index (χ0n) is 11.9. The van der Waals surface area contributed by atoms with Crippen LogP contribution in [0.5, 0.6) is 0 Å². The highest BCUT2D eigenvalue weighted by molar-refractivity contribution is 5.54. The summed E-state index contributed by atoms with van der Waals surface area (Å²) in [4.78, 5) is 2.48. The number of nitrogens with zero attached hydrogens (tertiary/aromatic N) is 2. The predicted octanol–water partition coefficient (Wildman–Crippen LogP) is 2.87. The fourth-order valence-electron chi connectivity index (χ4n) is 2.75. The number of anilines is 1. The molecule has 106 valence electrons. The van der Waals surface area contributed by atoms with Crippen LogP contribution in [0.15, 0.2) is 34.9 Å². The van der Waals surface area contributed by atoms with Gasteiger partial charge < -0.3 is 14.7 Å². The molecule has 1 fully saturated rings. The summed E-state index contributed by atoms with van der Waals surface area (Å²) in [6, 6.07) is 10.6. The lowest BCUT2D eigenvalue weighted by molar-refractivity contribution is 0.388. The lowest BCUT2D eigenvalue weighted by Crippen LogP contribution is -2.21. The third kappa shape index (κ3) is 3.02. The van der Waals surface area contributed by atoms with Crippen LogP contribution in [0.2, 0.25) is 0 Å². The molecule has 0 aliphatic carbocycles. The second kappa shape index (κ2) is 6.09. The van der Waals surface area contributed by atoms with Gasteiger partial charge in [-0.2, -0.15) is 0 Å². The van der Waals surface area contributed by atoms with E-state index < -0.39 is 0 Å². The molecule has 0 bridgehead atoms. The lowest BCUT2D eigenvalue weighted by Gasteiger charge is -2.21. The Kier molecular flexibility index (Phi) is 4.02. The number of rotatable bonds is 5. The molecule has 2 heterocycles.